The lowest BCUT2D eigenvalue weighted by Crippen LogP contribution is -2.43. The van der Waals surface area contributed by atoms with Crippen LogP contribution in [0.25, 0.3) is 0 Å². The molecule has 1 heterocycles. The van der Waals surface area contributed by atoms with E-state index in [2.05, 4.69) is 31.9 Å². The molecule has 0 aromatic heterocycles. The molecule has 0 bridgehead atoms. The fourth-order valence-electron chi connectivity index (χ4n) is 2.39. The van der Waals surface area contributed by atoms with E-state index in [1.54, 1.807) is 26.8 Å². The lowest BCUT2D eigenvalue weighted by Gasteiger charge is -2.26. The SMILES string of the molecule is CC(C)(C)OC(=O)N1C[C@H](Oc2ccc(Br)cc2Br)C[C@H]1C(=O)O. The van der Waals surface area contributed by atoms with E-state index in [4.69, 9.17) is 9.47 Å². The largest absolute Gasteiger partial charge is 0.487 e. The summed E-state index contributed by atoms with van der Waals surface area (Å²) in [5.74, 6) is -0.472. The summed E-state index contributed by atoms with van der Waals surface area (Å²) in [6.07, 6.45) is -0.858. The Morgan fingerprint density at radius 3 is 2.50 bits per heavy atom. The van der Waals surface area contributed by atoms with Crippen LogP contribution in [0.1, 0.15) is 27.2 Å². The number of carbonyl (C=O) groups excluding carboxylic acids is 1. The van der Waals surface area contributed by atoms with Gasteiger partial charge in [0.2, 0.25) is 0 Å². The molecule has 1 aliphatic rings. The van der Waals surface area contributed by atoms with Gasteiger partial charge in [0.15, 0.2) is 0 Å². The third kappa shape index (κ3) is 4.86. The normalized spacial score (nSPS) is 20.8. The highest BCUT2D eigenvalue weighted by Crippen LogP contribution is 2.32. The zero-order valence-corrected chi connectivity index (χ0v) is 16.8. The fourth-order valence-corrected chi connectivity index (χ4v) is 3.53. The molecule has 0 saturated carbocycles. The minimum Gasteiger partial charge on any atom is -0.487 e. The predicted molar refractivity (Wildman–Crippen MR) is 95.2 cm³/mol. The Morgan fingerprint density at radius 2 is 1.96 bits per heavy atom. The molecule has 8 heteroatoms. The van der Waals surface area contributed by atoms with Gasteiger partial charge in [0.1, 0.15) is 23.5 Å². The number of halogens is 2. The second kappa shape index (κ2) is 7.31. The van der Waals surface area contributed by atoms with E-state index in [0.717, 1.165) is 8.95 Å². The van der Waals surface area contributed by atoms with E-state index in [1.807, 2.05) is 12.1 Å². The summed E-state index contributed by atoms with van der Waals surface area (Å²) in [5, 5.41) is 9.39. The molecule has 0 radical (unpaired) electrons. The number of aliphatic carboxylic acids is 1. The molecule has 0 aliphatic carbocycles. The summed E-state index contributed by atoms with van der Waals surface area (Å²) in [4.78, 5) is 24.9. The molecule has 1 aromatic rings. The van der Waals surface area contributed by atoms with Crippen molar-refractivity contribution in [3.63, 3.8) is 0 Å². The first-order chi connectivity index (χ1) is 11.1. The zero-order chi connectivity index (χ0) is 18.1. The van der Waals surface area contributed by atoms with Gasteiger partial charge < -0.3 is 14.6 Å². The average Bonchev–Trinajstić information content (AvgIpc) is 2.84. The van der Waals surface area contributed by atoms with Crippen LogP contribution in [-0.2, 0) is 9.53 Å². The van der Waals surface area contributed by atoms with Crippen molar-refractivity contribution in [2.45, 2.75) is 44.9 Å². The maximum absolute atomic E-state index is 12.3. The van der Waals surface area contributed by atoms with Gasteiger partial charge in [0.25, 0.3) is 0 Å². The summed E-state index contributed by atoms with van der Waals surface area (Å²) < 4.78 is 12.8. The van der Waals surface area contributed by atoms with Gasteiger partial charge in [-0.25, -0.2) is 9.59 Å². The highest BCUT2D eigenvalue weighted by atomic mass is 79.9. The molecule has 1 fully saturated rings. The molecule has 1 amide bonds. The molecule has 1 saturated heterocycles. The van der Waals surface area contributed by atoms with E-state index >= 15 is 0 Å². The molecule has 1 aromatic carbocycles. The smallest absolute Gasteiger partial charge is 0.411 e. The van der Waals surface area contributed by atoms with Crippen LogP contribution in [0, 0.1) is 0 Å². The minimum atomic E-state index is -1.07. The molecule has 6 nitrogen and oxygen atoms in total. The summed E-state index contributed by atoms with van der Waals surface area (Å²) in [6.45, 7) is 5.38. The number of carboxylic acids is 1. The second-order valence-corrected chi connectivity index (χ2v) is 8.31. The van der Waals surface area contributed by atoms with Crippen molar-refractivity contribution in [1.29, 1.82) is 0 Å². The van der Waals surface area contributed by atoms with Crippen molar-refractivity contribution in [2.24, 2.45) is 0 Å². The highest BCUT2D eigenvalue weighted by molar-refractivity contribution is 9.11. The molecule has 132 valence electrons. The van der Waals surface area contributed by atoms with Crippen molar-refractivity contribution in [3.05, 3.63) is 27.1 Å². The number of amides is 1. The van der Waals surface area contributed by atoms with E-state index < -0.39 is 29.8 Å². The van der Waals surface area contributed by atoms with Gasteiger partial charge in [-0.1, -0.05) is 15.9 Å². The van der Waals surface area contributed by atoms with Crippen LogP contribution in [-0.4, -0.2) is 46.4 Å². The summed E-state index contributed by atoms with van der Waals surface area (Å²) in [7, 11) is 0. The monoisotopic (exact) mass is 463 g/mol. The van der Waals surface area contributed by atoms with E-state index in [-0.39, 0.29) is 13.0 Å². The van der Waals surface area contributed by atoms with Crippen molar-refractivity contribution in [2.75, 3.05) is 6.54 Å². The van der Waals surface area contributed by atoms with Crippen LogP contribution in [0.15, 0.2) is 27.1 Å². The zero-order valence-electron chi connectivity index (χ0n) is 13.6. The number of nitrogens with zero attached hydrogens (tertiary/aromatic N) is 1. The van der Waals surface area contributed by atoms with E-state index in [1.165, 1.54) is 4.90 Å². The lowest BCUT2D eigenvalue weighted by atomic mass is 10.2. The van der Waals surface area contributed by atoms with Crippen LogP contribution < -0.4 is 4.74 Å². The summed E-state index contributed by atoms with van der Waals surface area (Å²) >= 11 is 6.77. The summed E-state index contributed by atoms with van der Waals surface area (Å²) in [6, 6.07) is 4.49. The number of hydrogen-bond donors (Lipinski definition) is 1. The highest BCUT2D eigenvalue weighted by Gasteiger charge is 2.42. The van der Waals surface area contributed by atoms with Crippen molar-refractivity contribution in [3.8, 4) is 5.75 Å². The first-order valence-electron chi connectivity index (χ1n) is 7.41. The lowest BCUT2D eigenvalue weighted by molar-refractivity contribution is -0.142. The molecular weight excluding hydrogens is 446 g/mol. The van der Waals surface area contributed by atoms with Gasteiger partial charge in [-0.05, 0) is 54.9 Å². The Bertz CT molecular complexity index is 644. The molecular formula is C16H19Br2NO5. The Hall–Kier alpha value is -1.28. The molecule has 2 rings (SSSR count). The number of hydrogen-bond acceptors (Lipinski definition) is 4. The topological polar surface area (TPSA) is 76.1 Å². The van der Waals surface area contributed by atoms with Crippen LogP contribution in [0.4, 0.5) is 4.79 Å². The predicted octanol–water partition coefficient (Wildman–Crippen LogP) is 4.05. The van der Waals surface area contributed by atoms with Crippen molar-refractivity contribution >= 4 is 43.9 Å². The van der Waals surface area contributed by atoms with Gasteiger partial charge in [-0.2, -0.15) is 0 Å². The number of likely N-dealkylation sites (tertiary alicyclic amines) is 1. The third-order valence-corrected chi connectivity index (χ3v) is 4.48. The Labute approximate surface area is 157 Å². The maximum atomic E-state index is 12.3. The first-order valence-corrected chi connectivity index (χ1v) is 8.99. The van der Waals surface area contributed by atoms with Gasteiger partial charge in [-0.3, -0.25) is 4.90 Å². The molecule has 1 aliphatic heterocycles. The summed E-state index contributed by atoms with van der Waals surface area (Å²) in [5.41, 5.74) is -0.687. The Balaban J connectivity index is 2.11. The van der Waals surface area contributed by atoms with Gasteiger partial charge in [0, 0.05) is 10.9 Å². The number of benzene rings is 1. The third-order valence-electron chi connectivity index (χ3n) is 3.36. The van der Waals surface area contributed by atoms with Crippen LogP contribution in [0.3, 0.4) is 0 Å². The van der Waals surface area contributed by atoms with Gasteiger partial charge >= 0.3 is 12.1 Å². The maximum Gasteiger partial charge on any atom is 0.411 e. The van der Waals surface area contributed by atoms with E-state index in [9.17, 15) is 14.7 Å². The quantitative estimate of drug-likeness (QED) is 0.730. The first kappa shape index (κ1) is 19.1. The number of carbonyl (C=O) groups is 2. The molecule has 1 N–H and O–H groups in total. The molecule has 0 unspecified atom stereocenters. The fraction of sp³-hybridized carbons (Fsp3) is 0.500. The molecule has 24 heavy (non-hydrogen) atoms. The van der Waals surface area contributed by atoms with E-state index in [0.29, 0.717) is 5.75 Å². The number of rotatable bonds is 3. The average molecular weight is 465 g/mol. The van der Waals surface area contributed by atoms with Crippen LogP contribution in [0.5, 0.6) is 5.75 Å². The standard InChI is InChI=1S/C16H19Br2NO5/c1-16(2,3)24-15(22)19-8-10(7-12(19)14(20)21)23-13-5-4-9(17)6-11(13)18/h4-6,10,12H,7-8H2,1-3H3,(H,20,21)/t10-,12+/m1/s1. The molecule has 2 atom stereocenters. The Kier molecular flexibility index (Phi) is 5.80. The van der Waals surface area contributed by atoms with Gasteiger partial charge in [-0.15, -0.1) is 0 Å². The minimum absolute atomic E-state index is 0.161. The van der Waals surface area contributed by atoms with Crippen molar-refractivity contribution < 1.29 is 24.2 Å². The van der Waals surface area contributed by atoms with Crippen LogP contribution >= 0.6 is 31.9 Å². The molecule has 0 spiro atoms. The number of ether oxygens (including phenoxy) is 2. The van der Waals surface area contributed by atoms with Crippen LogP contribution in [0.2, 0.25) is 0 Å². The number of carboxylic acid groups (broad SMARTS) is 1. The van der Waals surface area contributed by atoms with Gasteiger partial charge in [0.05, 0.1) is 11.0 Å². The second-order valence-electron chi connectivity index (χ2n) is 6.54. The van der Waals surface area contributed by atoms with Crippen molar-refractivity contribution in [1.82, 2.24) is 4.90 Å². The Morgan fingerprint density at radius 1 is 1.29 bits per heavy atom.